The molecule has 17 heavy (non-hydrogen) atoms. The van der Waals surface area contributed by atoms with Crippen LogP contribution in [-0.4, -0.2) is 52.8 Å². The first-order chi connectivity index (χ1) is 8.27. The molecule has 2 heterocycles. The maximum Gasteiger partial charge on any atom is 0.324 e. The quantitative estimate of drug-likeness (QED) is 0.492. The van der Waals surface area contributed by atoms with E-state index in [0.29, 0.717) is 13.1 Å². The molecule has 3 amide bonds. The van der Waals surface area contributed by atoms with Crippen molar-refractivity contribution >= 4 is 11.9 Å². The van der Waals surface area contributed by atoms with Crippen LogP contribution < -0.4 is 10.6 Å². The van der Waals surface area contributed by atoms with Crippen molar-refractivity contribution in [2.45, 2.75) is 6.54 Å². The molecule has 0 saturated carbocycles. The Morgan fingerprint density at radius 2 is 2.18 bits per heavy atom. The average molecular weight is 237 g/mol. The van der Waals surface area contributed by atoms with Crippen molar-refractivity contribution in [3.63, 3.8) is 0 Å². The normalized spacial score (nSPS) is 15.4. The first-order valence-electron chi connectivity index (χ1n) is 5.54. The van der Waals surface area contributed by atoms with Crippen molar-refractivity contribution in [1.29, 1.82) is 0 Å². The zero-order valence-electron chi connectivity index (χ0n) is 9.43. The molecule has 2 N–H and O–H groups in total. The minimum atomic E-state index is -0.302. The van der Waals surface area contributed by atoms with Gasteiger partial charge in [-0.2, -0.15) is 5.10 Å². The molecule has 92 valence electrons. The van der Waals surface area contributed by atoms with Crippen LogP contribution >= 0.6 is 0 Å². The van der Waals surface area contributed by atoms with E-state index < -0.39 is 0 Å². The highest BCUT2D eigenvalue weighted by Crippen LogP contribution is 1.96. The fraction of sp³-hybridized carbons (Fsp3) is 0.500. The first kappa shape index (κ1) is 11.6. The van der Waals surface area contributed by atoms with Crippen LogP contribution in [0.25, 0.3) is 0 Å². The van der Waals surface area contributed by atoms with Crippen LogP contribution in [-0.2, 0) is 11.3 Å². The summed E-state index contributed by atoms with van der Waals surface area (Å²) < 4.78 is 1.82. The molecule has 0 radical (unpaired) electrons. The fourth-order valence-corrected chi connectivity index (χ4v) is 1.62. The van der Waals surface area contributed by atoms with Gasteiger partial charge in [0.1, 0.15) is 0 Å². The highest BCUT2D eigenvalue weighted by atomic mass is 16.2. The van der Waals surface area contributed by atoms with E-state index >= 15 is 0 Å². The minimum Gasteiger partial charge on any atom is -0.329 e. The summed E-state index contributed by atoms with van der Waals surface area (Å²) in [6.45, 7) is 2.65. The second-order valence-electron chi connectivity index (χ2n) is 3.72. The molecule has 0 aromatic carbocycles. The Balaban J connectivity index is 1.60. The van der Waals surface area contributed by atoms with Gasteiger partial charge < -0.3 is 10.6 Å². The molecular weight excluding hydrogens is 222 g/mol. The number of imide groups is 1. The number of carbonyl (C=O) groups is 2. The topological polar surface area (TPSA) is 79.3 Å². The molecule has 1 aliphatic heterocycles. The Labute approximate surface area is 98.8 Å². The van der Waals surface area contributed by atoms with Crippen LogP contribution in [0.4, 0.5) is 4.79 Å². The Morgan fingerprint density at radius 3 is 2.82 bits per heavy atom. The molecule has 1 aromatic heterocycles. The predicted octanol–water partition coefficient (Wildman–Crippen LogP) is -0.975. The molecule has 1 aliphatic rings. The lowest BCUT2D eigenvalue weighted by Crippen LogP contribution is -2.37. The van der Waals surface area contributed by atoms with Gasteiger partial charge in [-0.3, -0.25) is 14.4 Å². The van der Waals surface area contributed by atoms with Gasteiger partial charge in [-0.05, 0) is 6.07 Å². The molecular formula is C10H15N5O2. The minimum absolute atomic E-state index is 0.117. The third kappa shape index (κ3) is 3.04. The number of amides is 3. The third-order valence-electron chi connectivity index (χ3n) is 2.53. The number of nitrogens with zero attached hydrogens (tertiary/aromatic N) is 3. The van der Waals surface area contributed by atoms with Crippen molar-refractivity contribution in [3.05, 3.63) is 18.5 Å². The van der Waals surface area contributed by atoms with Gasteiger partial charge in [0.25, 0.3) is 0 Å². The van der Waals surface area contributed by atoms with Crippen molar-refractivity contribution in [3.8, 4) is 0 Å². The molecule has 0 bridgehead atoms. The number of rotatable bonds is 6. The highest BCUT2D eigenvalue weighted by Gasteiger charge is 2.27. The molecule has 1 saturated heterocycles. The number of carbonyl (C=O) groups excluding carboxylic acids is 2. The van der Waals surface area contributed by atoms with E-state index in [1.807, 2.05) is 16.9 Å². The third-order valence-corrected chi connectivity index (χ3v) is 2.53. The molecule has 0 unspecified atom stereocenters. The molecule has 1 fully saturated rings. The summed E-state index contributed by atoms with van der Waals surface area (Å²) >= 11 is 0. The van der Waals surface area contributed by atoms with Gasteiger partial charge in [-0.25, -0.2) is 4.79 Å². The van der Waals surface area contributed by atoms with Crippen molar-refractivity contribution in [1.82, 2.24) is 25.3 Å². The lowest BCUT2D eigenvalue weighted by Gasteiger charge is -2.12. The smallest absolute Gasteiger partial charge is 0.324 e. The lowest BCUT2D eigenvalue weighted by molar-refractivity contribution is -0.124. The first-order valence-corrected chi connectivity index (χ1v) is 5.54. The second-order valence-corrected chi connectivity index (χ2v) is 3.72. The van der Waals surface area contributed by atoms with Gasteiger partial charge in [-0.1, -0.05) is 0 Å². The largest absolute Gasteiger partial charge is 0.329 e. The van der Waals surface area contributed by atoms with Gasteiger partial charge in [0.15, 0.2) is 0 Å². The van der Waals surface area contributed by atoms with Crippen molar-refractivity contribution < 1.29 is 9.59 Å². The summed E-state index contributed by atoms with van der Waals surface area (Å²) in [6.07, 6.45) is 3.62. The number of aromatic nitrogens is 2. The molecule has 2 rings (SSSR count). The van der Waals surface area contributed by atoms with Crippen LogP contribution in [0.2, 0.25) is 0 Å². The Hall–Kier alpha value is -1.89. The van der Waals surface area contributed by atoms with Crippen molar-refractivity contribution in [2.24, 2.45) is 0 Å². The van der Waals surface area contributed by atoms with Crippen LogP contribution in [0.15, 0.2) is 18.5 Å². The maximum absolute atomic E-state index is 11.2. The number of hydrogen-bond donors (Lipinski definition) is 2. The van der Waals surface area contributed by atoms with Gasteiger partial charge >= 0.3 is 6.03 Å². The van der Waals surface area contributed by atoms with E-state index in [0.717, 1.165) is 13.1 Å². The van der Waals surface area contributed by atoms with Crippen LogP contribution in [0.3, 0.4) is 0 Å². The molecule has 7 nitrogen and oxygen atoms in total. The van der Waals surface area contributed by atoms with E-state index in [1.165, 1.54) is 4.90 Å². The standard InChI is InChI=1S/C10H15N5O2/c16-9-8-12-10(17)15(9)7-4-11-3-6-14-5-1-2-13-14/h1-2,5,11H,3-4,6-8H2,(H,12,17). The van der Waals surface area contributed by atoms with Crippen LogP contribution in [0, 0.1) is 0 Å². The molecule has 0 atom stereocenters. The zero-order valence-corrected chi connectivity index (χ0v) is 9.43. The average Bonchev–Trinajstić information content (AvgIpc) is 2.92. The van der Waals surface area contributed by atoms with Crippen LogP contribution in [0.5, 0.6) is 0 Å². The summed E-state index contributed by atoms with van der Waals surface area (Å²) in [4.78, 5) is 23.6. The van der Waals surface area contributed by atoms with E-state index in [4.69, 9.17) is 0 Å². The van der Waals surface area contributed by atoms with Gasteiger partial charge in [0.05, 0.1) is 13.1 Å². The summed E-state index contributed by atoms with van der Waals surface area (Å²) in [5.74, 6) is -0.163. The highest BCUT2D eigenvalue weighted by molar-refractivity contribution is 6.01. The van der Waals surface area contributed by atoms with Gasteiger partial charge in [0.2, 0.25) is 5.91 Å². The van der Waals surface area contributed by atoms with Crippen LogP contribution in [0.1, 0.15) is 0 Å². The van der Waals surface area contributed by atoms with Crippen molar-refractivity contribution in [2.75, 3.05) is 26.2 Å². The molecule has 1 aromatic rings. The molecule has 0 spiro atoms. The van der Waals surface area contributed by atoms with Gasteiger partial charge in [0, 0.05) is 32.0 Å². The van der Waals surface area contributed by atoms with E-state index in [9.17, 15) is 9.59 Å². The predicted molar refractivity (Wildman–Crippen MR) is 60.2 cm³/mol. The Bertz CT molecular complexity index is 373. The monoisotopic (exact) mass is 237 g/mol. The summed E-state index contributed by atoms with van der Waals surface area (Å²) in [7, 11) is 0. The summed E-state index contributed by atoms with van der Waals surface area (Å²) in [5.41, 5.74) is 0. The van der Waals surface area contributed by atoms with E-state index in [2.05, 4.69) is 15.7 Å². The summed E-state index contributed by atoms with van der Waals surface area (Å²) in [5, 5.41) is 9.70. The fourth-order valence-electron chi connectivity index (χ4n) is 1.62. The summed E-state index contributed by atoms with van der Waals surface area (Å²) in [6, 6.07) is 1.57. The second kappa shape index (κ2) is 5.44. The maximum atomic E-state index is 11.2. The molecule has 7 heteroatoms. The SMILES string of the molecule is O=C1CNC(=O)N1CCNCCn1cccn1. The molecule has 0 aliphatic carbocycles. The zero-order chi connectivity index (χ0) is 12.1. The number of urea groups is 1. The number of nitrogens with one attached hydrogen (secondary N) is 2. The number of hydrogen-bond acceptors (Lipinski definition) is 4. The van der Waals surface area contributed by atoms with E-state index in [1.54, 1.807) is 6.20 Å². The lowest BCUT2D eigenvalue weighted by atomic mass is 10.5. The van der Waals surface area contributed by atoms with E-state index in [-0.39, 0.29) is 18.5 Å². The Morgan fingerprint density at radius 1 is 1.35 bits per heavy atom. The van der Waals surface area contributed by atoms with Gasteiger partial charge in [-0.15, -0.1) is 0 Å². The Kier molecular flexibility index (Phi) is 3.71.